The number of carbonyl (C=O) groups excluding carboxylic acids is 1. The average molecular weight is 532 g/mol. The van der Waals surface area contributed by atoms with E-state index >= 15 is 0 Å². The van der Waals surface area contributed by atoms with Crippen LogP contribution in [0.15, 0.2) is 49.1 Å². The monoisotopic (exact) mass is 531 g/mol. The number of likely N-dealkylation sites (tertiary alicyclic amines) is 1. The van der Waals surface area contributed by atoms with Crippen molar-refractivity contribution >= 4 is 39.7 Å². The fraction of sp³-hybridized carbons (Fsp3) is 0.433. The molecule has 38 heavy (non-hydrogen) atoms. The van der Waals surface area contributed by atoms with Gasteiger partial charge in [0.05, 0.1) is 17.3 Å². The SMILES string of the molecule is C=CC(=O)CC1CCN1c1nc(OC[C@@H]2CCCN2C)nc2c1CCN(c1cccc3cccc(Cl)c13)C2. The lowest BCUT2D eigenvalue weighted by Gasteiger charge is -2.43. The summed E-state index contributed by atoms with van der Waals surface area (Å²) in [6, 6.07) is 13.3. The maximum absolute atomic E-state index is 12.1. The van der Waals surface area contributed by atoms with Crippen LogP contribution < -0.4 is 14.5 Å². The van der Waals surface area contributed by atoms with Gasteiger partial charge in [0.2, 0.25) is 0 Å². The Morgan fingerprint density at radius 3 is 2.71 bits per heavy atom. The Labute approximate surface area is 229 Å². The largest absolute Gasteiger partial charge is 0.462 e. The van der Waals surface area contributed by atoms with E-state index < -0.39 is 0 Å². The van der Waals surface area contributed by atoms with Gasteiger partial charge in [-0.1, -0.05) is 42.4 Å². The number of hydrogen-bond acceptors (Lipinski definition) is 7. The van der Waals surface area contributed by atoms with Crippen LogP contribution >= 0.6 is 11.6 Å². The van der Waals surface area contributed by atoms with E-state index in [1.165, 1.54) is 12.5 Å². The minimum atomic E-state index is 0.0716. The third-order valence-electron chi connectivity index (χ3n) is 8.35. The van der Waals surface area contributed by atoms with Gasteiger partial charge in [-0.25, -0.2) is 0 Å². The van der Waals surface area contributed by atoms with Crippen molar-refractivity contribution < 1.29 is 9.53 Å². The van der Waals surface area contributed by atoms with Crippen molar-refractivity contribution in [2.75, 3.05) is 43.1 Å². The molecule has 0 saturated carbocycles. The van der Waals surface area contributed by atoms with Crippen LogP contribution in [0.3, 0.4) is 0 Å². The Balaban J connectivity index is 1.33. The summed E-state index contributed by atoms with van der Waals surface area (Å²) in [4.78, 5) is 29.0. The molecule has 2 atom stereocenters. The summed E-state index contributed by atoms with van der Waals surface area (Å²) in [6.45, 7) is 7.70. The van der Waals surface area contributed by atoms with E-state index in [2.05, 4.69) is 52.6 Å². The Hall–Kier alpha value is -3.16. The Bertz CT molecular complexity index is 1370. The third-order valence-corrected chi connectivity index (χ3v) is 8.67. The molecule has 1 aromatic heterocycles. The van der Waals surface area contributed by atoms with Crippen LogP contribution in [-0.4, -0.2) is 66.0 Å². The molecule has 0 aliphatic carbocycles. The summed E-state index contributed by atoms with van der Waals surface area (Å²) in [5.74, 6) is 0.996. The number of likely N-dealkylation sites (N-methyl/N-ethyl adjacent to an activating group) is 1. The number of benzene rings is 2. The molecule has 6 rings (SSSR count). The molecule has 198 valence electrons. The number of halogens is 1. The zero-order chi connectivity index (χ0) is 26.2. The van der Waals surface area contributed by atoms with Crippen molar-refractivity contribution in [3.63, 3.8) is 0 Å². The smallest absolute Gasteiger partial charge is 0.318 e. The fourth-order valence-electron chi connectivity index (χ4n) is 6.04. The molecule has 3 aliphatic rings. The summed E-state index contributed by atoms with van der Waals surface area (Å²) >= 11 is 6.67. The number of ether oxygens (including phenoxy) is 1. The molecule has 2 fully saturated rings. The van der Waals surface area contributed by atoms with Crippen LogP contribution in [-0.2, 0) is 17.8 Å². The van der Waals surface area contributed by atoms with Crippen LogP contribution in [0.5, 0.6) is 6.01 Å². The predicted molar refractivity (Wildman–Crippen MR) is 152 cm³/mol. The highest BCUT2D eigenvalue weighted by Gasteiger charge is 2.35. The molecule has 2 aromatic carbocycles. The minimum absolute atomic E-state index is 0.0716. The van der Waals surface area contributed by atoms with Gasteiger partial charge in [-0.15, -0.1) is 0 Å². The number of anilines is 2. The van der Waals surface area contributed by atoms with Gasteiger partial charge < -0.3 is 19.4 Å². The second-order valence-electron chi connectivity index (χ2n) is 10.6. The van der Waals surface area contributed by atoms with Crippen LogP contribution in [0.4, 0.5) is 11.5 Å². The van der Waals surface area contributed by atoms with E-state index in [0.29, 0.717) is 31.6 Å². The van der Waals surface area contributed by atoms with Crippen molar-refractivity contribution in [2.45, 2.75) is 50.7 Å². The first-order valence-corrected chi connectivity index (χ1v) is 14.0. The summed E-state index contributed by atoms with van der Waals surface area (Å²) in [5, 5.41) is 2.96. The first-order chi connectivity index (χ1) is 18.5. The third kappa shape index (κ3) is 4.74. The first kappa shape index (κ1) is 25.1. The van der Waals surface area contributed by atoms with Crippen molar-refractivity contribution in [1.82, 2.24) is 14.9 Å². The summed E-state index contributed by atoms with van der Waals surface area (Å²) in [6.07, 6.45) is 5.99. The molecule has 0 bridgehead atoms. The molecular formula is C30H34ClN5O2. The van der Waals surface area contributed by atoms with Crippen molar-refractivity contribution in [3.05, 3.63) is 65.3 Å². The van der Waals surface area contributed by atoms with Gasteiger partial charge in [-0.2, -0.15) is 9.97 Å². The van der Waals surface area contributed by atoms with E-state index in [0.717, 1.165) is 77.5 Å². The second kappa shape index (κ2) is 10.5. The quantitative estimate of drug-likeness (QED) is 0.377. The lowest BCUT2D eigenvalue weighted by Crippen LogP contribution is -2.50. The molecule has 2 saturated heterocycles. The van der Waals surface area contributed by atoms with Gasteiger partial charge in [0, 0.05) is 48.2 Å². The average Bonchev–Trinajstić information content (AvgIpc) is 3.33. The van der Waals surface area contributed by atoms with Gasteiger partial charge in [-0.05, 0) is 62.9 Å². The first-order valence-electron chi connectivity index (χ1n) is 13.6. The van der Waals surface area contributed by atoms with Gasteiger partial charge in [-0.3, -0.25) is 4.79 Å². The number of allylic oxidation sites excluding steroid dienone is 1. The zero-order valence-electron chi connectivity index (χ0n) is 21.9. The highest BCUT2D eigenvalue weighted by molar-refractivity contribution is 6.36. The molecule has 0 N–H and O–H groups in total. The number of fused-ring (bicyclic) bond motifs is 2. The molecule has 3 aliphatic heterocycles. The van der Waals surface area contributed by atoms with Crippen LogP contribution in [0.2, 0.25) is 5.02 Å². The molecular weight excluding hydrogens is 498 g/mol. The summed E-state index contributed by atoms with van der Waals surface area (Å²) < 4.78 is 6.24. The lowest BCUT2D eigenvalue weighted by atomic mass is 9.95. The predicted octanol–water partition coefficient (Wildman–Crippen LogP) is 5.04. The Kier molecular flexibility index (Phi) is 6.97. The summed E-state index contributed by atoms with van der Waals surface area (Å²) in [7, 11) is 2.15. The van der Waals surface area contributed by atoms with Crippen LogP contribution in [0.25, 0.3) is 10.8 Å². The summed E-state index contributed by atoms with van der Waals surface area (Å²) in [5.41, 5.74) is 3.27. The van der Waals surface area contributed by atoms with Crippen LogP contribution in [0.1, 0.15) is 36.9 Å². The molecule has 0 spiro atoms. The fourth-order valence-corrected chi connectivity index (χ4v) is 6.32. The van der Waals surface area contributed by atoms with Crippen molar-refractivity contribution in [1.29, 1.82) is 0 Å². The number of aromatic nitrogens is 2. The van der Waals surface area contributed by atoms with Gasteiger partial charge in [0.25, 0.3) is 0 Å². The van der Waals surface area contributed by atoms with Gasteiger partial charge in [0.1, 0.15) is 12.4 Å². The Morgan fingerprint density at radius 2 is 1.97 bits per heavy atom. The molecule has 1 unspecified atom stereocenters. The maximum atomic E-state index is 12.1. The van der Waals surface area contributed by atoms with E-state index in [9.17, 15) is 4.79 Å². The molecule has 4 heterocycles. The molecule has 3 aromatic rings. The van der Waals surface area contributed by atoms with E-state index in [-0.39, 0.29) is 11.8 Å². The number of ketones is 1. The molecule has 7 nitrogen and oxygen atoms in total. The van der Waals surface area contributed by atoms with E-state index in [1.807, 2.05) is 12.1 Å². The number of hydrogen-bond donors (Lipinski definition) is 0. The van der Waals surface area contributed by atoms with E-state index in [4.69, 9.17) is 26.3 Å². The number of nitrogens with zero attached hydrogens (tertiary/aromatic N) is 5. The van der Waals surface area contributed by atoms with Gasteiger partial charge in [0.15, 0.2) is 5.78 Å². The molecule has 8 heteroatoms. The zero-order valence-corrected chi connectivity index (χ0v) is 22.7. The highest BCUT2D eigenvalue weighted by Crippen LogP contribution is 2.38. The minimum Gasteiger partial charge on any atom is -0.462 e. The second-order valence-corrected chi connectivity index (χ2v) is 11.0. The number of carbonyl (C=O) groups is 1. The van der Waals surface area contributed by atoms with Gasteiger partial charge >= 0.3 is 6.01 Å². The molecule has 0 radical (unpaired) electrons. The lowest BCUT2D eigenvalue weighted by molar-refractivity contribution is -0.115. The normalized spacial score (nSPS) is 21.3. The van der Waals surface area contributed by atoms with Crippen molar-refractivity contribution in [2.24, 2.45) is 0 Å². The van der Waals surface area contributed by atoms with Crippen molar-refractivity contribution in [3.8, 4) is 6.01 Å². The van der Waals surface area contributed by atoms with Crippen LogP contribution in [0, 0.1) is 0 Å². The number of rotatable bonds is 8. The Morgan fingerprint density at radius 1 is 1.13 bits per heavy atom. The molecule has 0 amide bonds. The topological polar surface area (TPSA) is 61.8 Å². The highest BCUT2D eigenvalue weighted by atomic mass is 35.5. The maximum Gasteiger partial charge on any atom is 0.318 e. The standard InChI is InChI=1S/C30H34ClN5O2/c1-3-23(37)17-21-12-16-36(21)29-24-13-15-35(27-11-5-8-20-7-4-10-25(31)28(20)27)18-26(24)32-30(33-29)38-19-22-9-6-14-34(22)2/h3-5,7-8,10-11,21-22H,1,6,9,12-19H2,2H3/t21?,22-/m0/s1. The van der Waals surface area contributed by atoms with E-state index in [1.54, 1.807) is 0 Å².